The van der Waals surface area contributed by atoms with Crippen molar-refractivity contribution in [3.8, 4) is 0 Å². The molecule has 0 aliphatic heterocycles. The second-order valence-corrected chi connectivity index (χ2v) is 4.88. The molecule has 1 aliphatic carbocycles. The van der Waals surface area contributed by atoms with Gasteiger partial charge in [-0.25, -0.2) is 9.97 Å². The van der Waals surface area contributed by atoms with Crippen LogP contribution in [-0.4, -0.2) is 9.97 Å². The molecular weight excluding hydrogens is 240 g/mol. The Morgan fingerprint density at radius 2 is 2.07 bits per heavy atom. The Labute approximate surface area is 93.3 Å². The summed E-state index contributed by atoms with van der Waals surface area (Å²) in [5.74, 6) is 0.843. The summed E-state index contributed by atoms with van der Waals surface area (Å²) in [4.78, 5) is 8.29. The van der Waals surface area contributed by atoms with Crippen molar-refractivity contribution >= 4 is 15.9 Å². The van der Waals surface area contributed by atoms with E-state index in [4.69, 9.17) is 0 Å². The Hall–Kier alpha value is -0.440. The number of hydrogen-bond donors (Lipinski definition) is 0. The lowest BCUT2D eigenvalue weighted by Gasteiger charge is -2.21. The Morgan fingerprint density at radius 1 is 1.29 bits per heavy atom. The predicted octanol–water partition coefficient (Wildman–Crippen LogP) is 3.36. The van der Waals surface area contributed by atoms with Crippen LogP contribution in [0.3, 0.4) is 0 Å². The number of nitrogens with zero attached hydrogens (tertiary/aromatic N) is 2. The van der Waals surface area contributed by atoms with Crippen molar-refractivity contribution in [1.82, 2.24) is 9.97 Å². The van der Waals surface area contributed by atoms with Crippen LogP contribution in [0, 0.1) is 5.92 Å². The number of rotatable bonds is 2. The molecule has 1 aromatic rings. The van der Waals surface area contributed by atoms with Gasteiger partial charge in [0.25, 0.3) is 0 Å². The summed E-state index contributed by atoms with van der Waals surface area (Å²) in [6.07, 6.45) is 11.5. The fraction of sp³-hybridized carbons (Fsp3) is 0.636. The summed E-state index contributed by atoms with van der Waals surface area (Å²) in [6, 6.07) is 0. The molecule has 1 fully saturated rings. The van der Waals surface area contributed by atoms with Crippen LogP contribution in [0.25, 0.3) is 0 Å². The van der Waals surface area contributed by atoms with Crippen LogP contribution in [0.4, 0.5) is 0 Å². The summed E-state index contributed by atoms with van der Waals surface area (Å²) in [6.45, 7) is 0. The van der Waals surface area contributed by atoms with Gasteiger partial charge in [0.1, 0.15) is 6.33 Å². The van der Waals surface area contributed by atoms with Crippen molar-refractivity contribution in [2.24, 2.45) is 5.92 Å². The highest BCUT2D eigenvalue weighted by molar-refractivity contribution is 9.10. The SMILES string of the molecule is Brc1cncnc1CC1CCCCC1. The van der Waals surface area contributed by atoms with E-state index in [0.717, 1.165) is 16.8 Å². The maximum Gasteiger partial charge on any atom is 0.115 e. The van der Waals surface area contributed by atoms with E-state index in [0.29, 0.717) is 0 Å². The first-order chi connectivity index (χ1) is 6.86. The molecule has 1 heterocycles. The first-order valence-electron chi connectivity index (χ1n) is 5.30. The zero-order valence-corrected chi connectivity index (χ0v) is 9.83. The van der Waals surface area contributed by atoms with Gasteiger partial charge in [0.05, 0.1) is 10.2 Å². The zero-order chi connectivity index (χ0) is 9.80. The van der Waals surface area contributed by atoms with E-state index >= 15 is 0 Å². The Bertz CT molecular complexity index is 295. The average molecular weight is 255 g/mol. The first-order valence-corrected chi connectivity index (χ1v) is 6.10. The van der Waals surface area contributed by atoms with Crippen LogP contribution >= 0.6 is 15.9 Å². The van der Waals surface area contributed by atoms with Crippen molar-refractivity contribution in [3.05, 3.63) is 22.7 Å². The molecule has 0 amide bonds. The van der Waals surface area contributed by atoms with Crippen molar-refractivity contribution in [1.29, 1.82) is 0 Å². The highest BCUT2D eigenvalue weighted by atomic mass is 79.9. The smallest absolute Gasteiger partial charge is 0.115 e. The molecule has 0 aromatic carbocycles. The van der Waals surface area contributed by atoms with E-state index in [1.54, 1.807) is 6.33 Å². The van der Waals surface area contributed by atoms with Gasteiger partial charge in [-0.05, 0) is 28.3 Å². The normalized spacial score (nSPS) is 18.4. The predicted molar refractivity (Wildman–Crippen MR) is 60.0 cm³/mol. The molecule has 0 bridgehead atoms. The van der Waals surface area contributed by atoms with Gasteiger partial charge in [-0.15, -0.1) is 0 Å². The van der Waals surface area contributed by atoms with Crippen LogP contribution in [0.15, 0.2) is 17.0 Å². The van der Waals surface area contributed by atoms with Gasteiger partial charge in [-0.3, -0.25) is 0 Å². The zero-order valence-electron chi connectivity index (χ0n) is 8.25. The second-order valence-electron chi connectivity index (χ2n) is 4.03. The second kappa shape index (κ2) is 4.87. The van der Waals surface area contributed by atoms with E-state index in [-0.39, 0.29) is 0 Å². The van der Waals surface area contributed by atoms with Gasteiger partial charge in [-0.1, -0.05) is 32.1 Å². The van der Waals surface area contributed by atoms with Crippen LogP contribution < -0.4 is 0 Å². The standard InChI is InChI=1S/C11H15BrN2/c12-10-7-13-8-14-11(10)6-9-4-2-1-3-5-9/h7-9H,1-6H2. The Morgan fingerprint density at radius 3 is 2.79 bits per heavy atom. The summed E-state index contributed by atoms with van der Waals surface area (Å²) in [5.41, 5.74) is 1.17. The summed E-state index contributed by atoms with van der Waals surface area (Å²) >= 11 is 3.50. The molecule has 2 nitrogen and oxygen atoms in total. The number of halogens is 1. The lowest BCUT2D eigenvalue weighted by molar-refractivity contribution is 0.353. The Kier molecular flexibility index (Phi) is 3.51. The van der Waals surface area contributed by atoms with E-state index in [9.17, 15) is 0 Å². The fourth-order valence-corrected chi connectivity index (χ4v) is 2.54. The van der Waals surface area contributed by atoms with E-state index in [1.807, 2.05) is 6.20 Å². The monoisotopic (exact) mass is 254 g/mol. The molecule has 0 unspecified atom stereocenters. The molecule has 1 aromatic heterocycles. The van der Waals surface area contributed by atoms with Gasteiger partial charge in [0.2, 0.25) is 0 Å². The highest BCUT2D eigenvalue weighted by Gasteiger charge is 2.15. The molecule has 1 saturated carbocycles. The molecule has 14 heavy (non-hydrogen) atoms. The average Bonchev–Trinajstić information content (AvgIpc) is 2.23. The van der Waals surface area contributed by atoms with E-state index in [2.05, 4.69) is 25.9 Å². The van der Waals surface area contributed by atoms with Crippen LogP contribution in [0.1, 0.15) is 37.8 Å². The largest absolute Gasteiger partial charge is 0.244 e. The van der Waals surface area contributed by atoms with E-state index in [1.165, 1.54) is 37.8 Å². The van der Waals surface area contributed by atoms with Crippen molar-refractivity contribution in [2.75, 3.05) is 0 Å². The molecule has 0 spiro atoms. The summed E-state index contributed by atoms with van der Waals surface area (Å²) < 4.78 is 1.06. The lowest BCUT2D eigenvalue weighted by atomic mass is 9.86. The van der Waals surface area contributed by atoms with Crippen molar-refractivity contribution < 1.29 is 0 Å². The minimum Gasteiger partial charge on any atom is -0.244 e. The summed E-state index contributed by atoms with van der Waals surface area (Å²) in [7, 11) is 0. The molecule has 76 valence electrons. The van der Waals surface area contributed by atoms with Crippen LogP contribution in [0.2, 0.25) is 0 Å². The van der Waals surface area contributed by atoms with Crippen molar-refractivity contribution in [3.63, 3.8) is 0 Å². The topological polar surface area (TPSA) is 25.8 Å². The first kappa shape index (κ1) is 10.1. The minimum atomic E-state index is 0.843. The third-order valence-corrected chi connectivity index (χ3v) is 3.61. The molecule has 3 heteroatoms. The van der Waals surface area contributed by atoms with Gasteiger partial charge < -0.3 is 0 Å². The van der Waals surface area contributed by atoms with Gasteiger partial charge in [0.15, 0.2) is 0 Å². The Balaban J connectivity index is 1.99. The van der Waals surface area contributed by atoms with Gasteiger partial charge in [-0.2, -0.15) is 0 Å². The molecule has 0 N–H and O–H groups in total. The maximum atomic E-state index is 4.31. The number of hydrogen-bond acceptors (Lipinski definition) is 2. The van der Waals surface area contributed by atoms with Gasteiger partial charge >= 0.3 is 0 Å². The van der Waals surface area contributed by atoms with Crippen molar-refractivity contribution in [2.45, 2.75) is 38.5 Å². The minimum absolute atomic E-state index is 0.843. The molecule has 2 rings (SSSR count). The maximum absolute atomic E-state index is 4.31. The number of aromatic nitrogens is 2. The quantitative estimate of drug-likeness (QED) is 0.809. The van der Waals surface area contributed by atoms with Gasteiger partial charge in [0, 0.05) is 6.20 Å². The summed E-state index contributed by atoms with van der Waals surface area (Å²) in [5, 5.41) is 0. The highest BCUT2D eigenvalue weighted by Crippen LogP contribution is 2.27. The molecule has 1 aliphatic rings. The lowest BCUT2D eigenvalue weighted by Crippen LogP contribution is -2.10. The van der Waals surface area contributed by atoms with Crippen LogP contribution in [-0.2, 0) is 6.42 Å². The molecule has 0 radical (unpaired) electrons. The molecular formula is C11H15BrN2. The molecule has 0 atom stereocenters. The fourth-order valence-electron chi connectivity index (χ4n) is 2.15. The molecule has 0 saturated heterocycles. The third-order valence-electron chi connectivity index (χ3n) is 2.95. The van der Waals surface area contributed by atoms with E-state index < -0.39 is 0 Å². The van der Waals surface area contributed by atoms with Crippen LogP contribution in [0.5, 0.6) is 0 Å². The third kappa shape index (κ3) is 2.53.